The van der Waals surface area contributed by atoms with Crippen molar-refractivity contribution in [3.8, 4) is 5.75 Å². The Morgan fingerprint density at radius 3 is 2.38 bits per heavy atom. The molecule has 1 N–H and O–H groups in total. The molecule has 1 aromatic rings. The minimum Gasteiger partial charge on any atom is -0.497 e. The molecule has 1 aromatic carbocycles. The number of benzene rings is 1. The Labute approximate surface area is 125 Å². The molecule has 0 heterocycles. The third-order valence-electron chi connectivity index (χ3n) is 3.24. The summed E-state index contributed by atoms with van der Waals surface area (Å²) in [7, 11) is 1.60. The predicted octanol–water partition coefficient (Wildman–Crippen LogP) is 2.34. The third kappa shape index (κ3) is 6.29. The summed E-state index contributed by atoms with van der Waals surface area (Å²) in [6.45, 7) is 2.92. The molecule has 0 aliphatic rings. The number of carbonyl (C=O) groups excluding carboxylic acids is 1. The van der Waals surface area contributed by atoms with Crippen LogP contribution in [0.15, 0.2) is 24.3 Å². The maximum absolute atomic E-state index is 12.3. The second-order valence-electron chi connectivity index (χ2n) is 4.90. The first-order valence-corrected chi connectivity index (χ1v) is 7.19. The summed E-state index contributed by atoms with van der Waals surface area (Å²) in [6, 6.07) is 7.34. The van der Waals surface area contributed by atoms with Gasteiger partial charge >= 0.3 is 5.97 Å². The van der Waals surface area contributed by atoms with Crippen molar-refractivity contribution in [2.45, 2.75) is 32.6 Å². The quantitative estimate of drug-likeness (QED) is 0.759. The molecule has 5 nitrogen and oxygen atoms in total. The van der Waals surface area contributed by atoms with Crippen molar-refractivity contribution in [3.05, 3.63) is 29.8 Å². The number of nitrogens with zero attached hydrogens (tertiary/aromatic N) is 1. The van der Waals surface area contributed by atoms with Gasteiger partial charge in [0.2, 0.25) is 5.91 Å². The lowest BCUT2D eigenvalue weighted by atomic mass is 10.1. The zero-order valence-electron chi connectivity index (χ0n) is 12.7. The molecule has 0 aromatic heterocycles. The number of methoxy groups -OCH3 is 1. The van der Waals surface area contributed by atoms with Crippen LogP contribution in [0.1, 0.15) is 31.7 Å². The van der Waals surface area contributed by atoms with Crippen molar-refractivity contribution in [1.29, 1.82) is 0 Å². The van der Waals surface area contributed by atoms with E-state index < -0.39 is 5.97 Å². The van der Waals surface area contributed by atoms with Gasteiger partial charge in [-0.05, 0) is 24.1 Å². The highest BCUT2D eigenvalue weighted by atomic mass is 16.5. The van der Waals surface area contributed by atoms with E-state index in [-0.39, 0.29) is 25.3 Å². The van der Waals surface area contributed by atoms with Gasteiger partial charge in [0.25, 0.3) is 0 Å². The lowest BCUT2D eigenvalue weighted by Crippen LogP contribution is -2.35. The van der Waals surface area contributed by atoms with Crippen LogP contribution in [-0.2, 0) is 16.0 Å². The topological polar surface area (TPSA) is 66.8 Å². The lowest BCUT2D eigenvalue weighted by molar-refractivity contribution is -0.138. The highest BCUT2D eigenvalue weighted by Crippen LogP contribution is 2.12. The molecule has 116 valence electrons. The Kier molecular flexibility index (Phi) is 7.29. The van der Waals surface area contributed by atoms with E-state index in [2.05, 4.69) is 0 Å². The summed E-state index contributed by atoms with van der Waals surface area (Å²) in [5, 5.41) is 8.77. The number of aliphatic carboxylic acids is 1. The molecule has 0 fully saturated rings. The molecule has 0 atom stereocenters. The number of hydrogen-bond acceptors (Lipinski definition) is 3. The van der Waals surface area contributed by atoms with Gasteiger partial charge in [-0.15, -0.1) is 0 Å². The van der Waals surface area contributed by atoms with Gasteiger partial charge in [0.1, 0.15) is 5.75 Å². The molecule has 0 radical (unpaired) electrons. The second-order valence-corrected chi connectivity index (χ2v) is 4.90. The summed E-state index contributed by atoms with van der Waals surface area (Å²) in [5.41, 5.74) is 0.901. The molecule has 0 unspecified atom stereocenters. The van der Waals surface area contributed by atoms with Crippen LogP contribution in [0.2, 0.25) is 0 Å². The zero-order chi connectivity index (χ0) is 15.7. The predicted molar refractivity (Wildman–Crippen MR) is 80.4 cm³/mol. The standard InChI is InChI=1S/C16H23NO4/c1-3-4-10-17(11-9-16(19)20)15(18)12-13-5-7-14(21-2)8-6-13/h5-8H,3-4,9-12H2,1-2H3,(H,19,20). The van der Waals surface area contributed by atoms with Crippen LogP contribution in [0.5, 0.6) is 5.75 Å². The van der Waals surface area contributed by atoms with Crippen molar-refractivity contribution in [2.24, 2.45) is 0 Å². The molecule has 1 amide bonds. The molecular formula is C16H23NO4. The number of hydrogen-bond donors (Lipinski definition) is 1. The molecule has 0 aliphatic carbocycles. The Balaban J connectivity index is 2.62. The number of carbonyl (C=O) groups is 2. The summed E-state index contributed by atoms with van der Waals surface area (Å²) >= 11 is 0. The van der Waals surface area contributed by atoms with Crippen LogP contribution in [0.4, 0.5) is 0 Å². The van der Waals surface area contributed by atoms with E-state index in [0.29, 0.717) is 6.54 Å². The minimum atomic E-state index is -0.881. The fraction of sp³-hybridized carbons (Fsp3) is 0.500. The third-order valence-corrected chi connectivity index (χ3v) is 3.24. The first-order chi connectivity index (χ1) is 10.1. The highest BCUT2D eigenvalue weighted by molar-refractivity contribution is 5.79. The first-order valence-electron chi connectivity index (χ1n) is 7.19. The summed E-state index contributed by atoms with van der Waals surface area (Å²) in [6.07, 6.45) is 2.12. The molecular weight excluding hydrogens is 270 g/mol. The smallest absolute Gasteiger partial charge is 0.305 e. The maximum atomic E-state index is 12.3. The van der Waals surface area contributed by atoms with Gasteiger partial charge in [0.05, 0.1) is 20.0 Å². The molecule has 5 heteroatoms. The van der Waals surface area contributed by atoms with Crippen molar-refractivity contribution in [3.63, 3.8) is 0 Å². The van der Waals surface area contributed by atoms with E-state index >= 15 is 0 Å². The summed E-state index contributed by atoms with van der Waals surface area (Å²) in [4.78, 5) is 24.6. The molecule has 0 spiro atoms. The number of rotatable bonds is 9. The maximum Gasteiger partial charge on any atom is 0.305 e. The average Bonchev–Trinajstić information content (AvgIpc) is 2.47. The van der Waals surface area contributed by atoms with E-state index in [1.807, 2.05) is 31.2 Å². The SMILES string of the molecule is CCCCN(CCC(=O)O)C(=O)Cc1ccc(OC)cc1. The molecule has 1 rings (SSSR count). The van der Waals surface area contributed by atoms with E-state index in [1.54, 1.807) is 12.0 Å². The van der Waals surface area contributed by atoms with E-state index in [9.17, 15) is 9.59 Å². The van der Waals surface area contributed by atoms with Crippen LogP contribution in [0.25, 0.3) is 0 Å². The molecule has 21 heavy (non-hydrogen) atoms. The van der Waals surface area contributed by atoms with Crippen LogP contribution in [-0.4, -0.2) is 42.1 Å². The van der Waals surface area contributed by atoms with Gasteiger partial charge in [-0.3, -0.25) is 9.59 Å². The van der Waals surface area contributed by atoms with Crippen molar-refractivity contribution < 1.29 is 19.4 Å². The molecule has 0 saturated carbocycles. The van der Waals surface area contributed by atoms with Crippen LogP contribution in [0, 0.1) is 0 Å². The van der Waals surface area contributed by atoms with Crippen molar-refractivity contribution in [1.82, 2.24) is 4.90 Å². The van der Waals surface area contributed by atoms with Crippen LogP contribution < -0.4 is 4.74 Å². The Morgan fingerprint density at radius 2 is 1.86 bits per heavy atom. The first kappa shape index (κ1) is 17.0. The van der Waals surface area contributed by atoms with Crippen molar-refractivity contribution in [2.75, 3.05) is 20.2 Å². The zero-order valence-corrected chi connectivity index (χ0v) is 12.7. The summed E-state index contributed by atoms with van der Waals surface area (Å²) < 4.78 is 5.08. The van der Waals surface area contributed by atoms with Gasteiger partial charge in [-0.2, -0.15) is 0 Å². The molecule has 0 saturated heterocycles. The Morgan fingerprint density at radius 1 is 1.19 bits per heavy atom. The monoisotopic (exact) mass is 293 g/mol. The number of amides is 1. The van der Waals surface area contributed by atoms with E-state index in [0.717, 1.165) is 24.2 Å². The van der Waals surface area contributed by atoms with Gasteiger partial charge in [0, 0.05) is 13.1 Å². The Hall–Kier alpha value is -2.04. The molecule has 0 bridgehead atoms. The van der Waals surface area contributed by atoms with E-state index in [1.165, 1.54) is 0 Å². The fourth-order valence-electron chi connectivity index (χ4n) is 1.97. The molecule has 0 aliphatic heterocycles. The fourth-order valence-corrected chi connectivity index (χ4v) is 1.97. The van der Waals surface area contributed by atoms with E-state index in [4.69, 9.17) is 9.84 Å². The van der Waals surface area contributed by atoms with Crippen LogP contribution >= 0.6 is 0 Å². The van der Waals surface area contributed by atoms with Gasteiger partial charge in [-0.25, -0.2) is 0 Å². The number of ether oxygens (including phenoxy) is 1. The van der Waals surface area contributed by atoms with Gasteiger partial charge < -0.3 is 14.7 Å². The summed E-state index contributed by atoms with van der Waals surface area (Å²) in [5.74, 6) is -0.163. The minimum absolute atomic E-state index is 0.0158. The lowest BCUT2D eigenvalue weighted by Gasteiger charge is -2.22. The average molecular weight is 293 g/mol. The Bertz CT molecular complexity index is 456. The number of carboxylic acid groups (broad SMARTS) is 1. The number of unbranched alkanes of at least 4 members (excludes halogenated alkanes) is 1. The van der Waals surface area contributed by atoms with Gasteiger partial charge in [0.15, 0.2) is 0 Å². The van der Waals surface area contributed by atoms with Gasteiger partial charge in [-0.1, -0.05) is 25.5 Å². The largest absolute Gasteiger partial charge is 0.497 e. The normalized spacial score (nSPS) is 10.2. The second kappa shape index (κ2) is 9.00. The highest BCUT2D eigenvalue weighted by Gasteiger charge is 2.14. The number of carboxylic acids is 1. The van der Waals surface area contributed by atoms with Crippen molar-refractivity contribution >= 4 is 11.9 Å². The van der Waals surface area contributed by atoms with Crippen LogP contribution in [0.3, 0.4) is 0 Å².